The zero-order valence-corrected chi connectivity index (χ0v) is 6.61. The lowest BCUT2D eigenvalue weighted by Crippen LogP contribution is -2.18. The Kier molecular flexibility index (Phi) is 4.85. The zero-order chi connectivity index (χ0) is 7.98. The van der Waals surface area contributed by atoms with Gasteiger partial charge in [-0.1, -0.05) is 13.5 Å². The number of ketones is 1. The molecule has 0 heterocycles. The van der Waals surface area contributed by atoms with Crippen LogP contribution in [0.25, 0.3) is 0 Å². The predicted octanol–water partition coefficient (Wildman–Crippen LogP) is 0.945. The third-order valence-electron chi connectivity index (χ3n) is 1.10. The van der Waals surface area contributed by atoms with Crippen LogP contribution in [0.1, 0.15) is 13.8 Å². The Morgan fingerprint density at radius 3 is 2.70 bits per heavy atom. The maximum atomic E-state index is 10.8. The van der Waals surface area contributed by atoms with Crippen LogP contribution >= 0.6 is 0 Å². The average molecular weight is 140 g/mol. The topological polar surface area (TPSA) is 29.1 Å². The number of carbonyl (C=O) groups is 1. The van der Waals surface area contributed by atoms with Gasteiger partial charge in [-0.2, -0.15) is 0 Å². The van der Waals surface area contributed by atoms with Gasteiger partial charge in [0.25, 0.3) is 0 Å². The number of rotatable bonds is 5. The molecule has 0 aliphatic carbocycles. The third-order valence-corrected chi connectivity index (χ3v) is 1.10. The molecule has 0 aromatic carbocycles. The Hall–Kier alpha value is -0.630. The highest BCUT2D eigenvalue weighted by molar-refractivity contribution is 6.00. The number of allylic oxidation sites excluding steroid dienone is 1. The van der Waals surface area contributed by atoms with Crippen molar-refractivity contribution in [3.8, 4) is 0 Å². The minimum atomic E-state index is 0.0287. The molecule has 0 spiro atoms. The van der Waals surface area contributed by atoms with Crippen molar-refractivity contribution in [1.29, 1.82) is 0 Å². The quantitative estimate of drug-likeness (QED) is 0.455. The zero-order valence-electron chi connectivity index (χ0n) is 6.61. The van der Waals surface area contributed by atoms with E-state index in [2.05, 4.69) is 11.9 Å². The molecule has 0 rings (SSSR count). The highest BCUT2D eigenvalue weighted by Gasteiger charge is 1.99. The number of Topliss-reactive ketones (excluding diaryl/α,β-unsaturated/α-hetero) is 1. The summed E-state index contributed by atoms with van der Waals surface area (Å²) < 4.78 is 0. The van der Waals surface area contributed by atoms with Crippen LogP contribution < -0.4 is 5.32 Å². The van der Waals surface area contributed by atoms with Gasteiger partial charge in [0.15, 0.2) is 5.78 Å². The maximum absolute atomic E-state index is 10.8. The molecule has 0 saturated heterocycles. The van der Waals surface area contributed by atoms with Gasteiger partial charge in [-0.3, -0.25) is 4.79 Å². The molecule has 0 amide bonds. The fourth-order valence-corrected chi connectivity index (χ4v) is 0.483. The van der Waals surface area contributed by atoms with Crippen LogP contribution in [0.3, 0.4) is 0 Å². The number of hydrogen-bond acceptors (Lipinski definition) is 2. The Labute approximate surface area is 62.3 Å². The first-order valence-corrected chi connectivity index (χ1v) is 3.42. The van der Waals surface area contributed by atoms with Crippen molar-refractivity contribution in [3.63, 3.8) is 0 Å². The van der Waals surface area contributed by atoms with Crippen molar-refractivity contribution in [2.45, 2.75) is 13.8 Å². The Morgan fingerprint density at radius 1 is 1.70 bits per heavy atom. The van der Waals surface area contributed by atoms with Gasteiger partial charge < -0.3 is 5.32 Å². The highest BCUT2D eigenvalue weighted by atomic mass is 16.1. The van der Waals surface area contributed by atoms with E-state index < -0.39 is 0 Å². The van der Waals surface area contributed by atoms with Gasteiger partial charge in [0.1, 0.15) is 0 Å². The van der Waals surface area contributed by atoms with Gasteiger partial charge in [-0.15, -0.1) is 0 Å². The number of nitrogens with one attached hydrogen (secondary N) is 1. The lowest BCUT2D eigenvalue weighted by Gasteiger charge is -1.98. The van der Waals surface area contributed by atoms with Crippen molar-refractivity contribution >= 4 is 5.78 Å². The van der Waals surface area contributed by atoms with Gasteiger partial charge in [-0.25, -0.2) is 0 Å². The second kappa shape index (κ2) is 5.18. The van der Waals surface area contributed by atoms with Gasteiger partial charge in [0.05, 0.1) is 0 Å². The molecule has 1 radical (unpaired) electrons. The van der Waals surface area contributed by atoms with E-state index in [4.69, 9.17) is 0 Å². The van der Waals surface area contributed by atoms with Gasteiger partial charge in [-0.05, 0) is 19.0 Å². The first-order chi connectivity index (χ1) is 4.68. The van der Waals surface area contributed by atoms with Crippen molar-refractivity contribution < 1.29 is 4.79 Å². The Bertz CT molecular complexity index is 129. The minimum Gasteiger partial charge on any atom is -0.316 e. The van der Waals surface area contributed by atoms with E-state index in [1.54, 1.807) is 13.3 Å². The molecular formula is C8H14NO. The fraction of sp³-hybridized carbons (Fsp3) is 0.500. The maximum Gasteiger partial charge on any atom is 0.163 e. The molecule has 1 N–H and O–H groups in total. The van der Waals surface area contributed by atoms with Crippen LogP contribution in [0.5, 0.6) is 0 Å². The molecular weight excluding hydrogens is 126 g/mol. The second-order valence-corrected chi connectivity index (χ2v) is 2.16. The Morgan fingerprint density at radius 2 is 2.30 bits per heavy atom. The molecule has 0 aromatic rings. The van der Waals surface area contributed by atoms with Gasteiger partial charge in [0, 0.05) is 13.0 Å². The number of hydrogen-bond donors (Lipinski definition) is 1. The summed E-state index contributed by atoms with van der Waals surface area (Å²) in [5.74, 6) is 0.0287. The van der Waals surface area contributed by atoms with Crippen LogP contribution in [0.15, 0.2) is 12.2 Å². The standard InChI is InChI=1S/C8H14NO/c1-4-9-6-5-8(10)7(2)3/h5,9H,2,4,6H2,1,3H3. The van der Waals surface area contributed by atoms with Crippen molar-refractivity contribution in [1.82, 2.24) is 5.32 Å². The van der Waals surface area contributed by atoms with E-state index in [1.807, 2.05) is 6.92 Å². The van der Waals surface area contributed by atoms with E-state index in [-0.39, 0.29) is 5.78 Å². The molecule has 0 aromatic heterocycles. The summed E-state index contributed by atoms with van der Waals surface area (Å²) in [6.45, 7) is 8.77. The second-order valence-electron chi connectivity index (χ2n) is 2.16. The molecule has 0 unspecified atom stereocenters. The molecule has 2 nitrogen and oxygen atoms in total. The average Bonchev–Trinajstić information content (AvgIpc) is 1.88. The first-order valence-electron chi connectivity index (χ1n) is 3.42. The van der Waals surface area contributed by atoms with Crippen LogP contribution in [-0.4, -0.2) is 18.9 Å². The minimum absolute atomic E-state index is 0.0287. The largest absolute Gasteiger partial charge is 0.316 e. The normalized spacial score (nSPS) is 9.40. The molecule has 2 heteroatoms. The third kappa shape index (κ3) is 4.27. The SMILES string of the molecule is C=C(C)C(=O)[CH]CNCC. The van der Waals surface area contributed by atoms with Gasteiger partial charge >= 0.3 is 0 Å². The summed E-state index contributed by atoms with van der Waals surface area (Å²) in [6, 6.07) is 0. The molecule has 0 atom stereocenters. The Balaban J connectivity index is 3.31. The molecule has 0 bridgehead atoms. The molecule has 10 heavy (non-hydrogen) atoms. The molecule has 0 aliphatic rings. The van der Waals surface area contributed by atoms with E-state index >= 15 is 0 Å². The summed E-state index contributed by atoms with van der Waals surface area (Å²) in [6.07, 6.45) is 1.60. The van der Waals surface area contributed by atoms with Crippen LogP contribution in [0.2, 0.25) is 0 Å². The lowest BCUT2D eigenvalue weighted by atomic mass is 10.2. The van der Waals surface area contributed by atoms with E-state index in [0.29, 0.717) is 12.1 Å². The first kappa shape index (κ1) is 9.37. The van der Waals surface area contributed by atoms with Crippen molar-refractivity contribution in [2.24, 2.45) is 0 Å². The summed E-state index contributed by atoms with van der Waals surface area (Å²) in [5.41, 5.74) is 0.595. The summed E-state index contributed by atoms with van der Waals surface area (Å²) in [5, 5.41) is 3.02. The van der Waals surface area contributed by atoms with Crippen LogP contribution in [0.4, 0.5) is 0 Å². The van der Waals surface area contributed by atoms with Crippen LogP contribution in [-0.2, 0) is 4.79 Å². The van der Waals surface area contributed by atoms with E-state index in [9.17, 15) is 4.79 Å². The highest BCUT2D eigenvalue weighted by Crippen LogP contribution is 1.91. The van der Waals surface area contributed by atoms with Crippen LogP contribution in [0, 0.1) is 6.42 Å². The smallest absolute Gasteiger partial charge is 0.163 e. The van der Waals surface area contributed by atoms with E-state index in [0.717, 1.165) is 6.54 Å². The number of carbonyl (C=O) groups excluding carboxylic acids is 1. The monoisotopic (exact) mass is 140 g/mol. The fourth-order valence-electron chi connectivity index (χ4n) is 0.483. The van der Waals surface area contributed by atoms with Crippen molar-refractivity contribution in [2.75, 3.05) is 13.1 Å². The predicted molar refractivity (Wildman–Crippen MR) is 42.7 cm³/mol. The lowest BCUT2D eigenvalue weighted by molar-refractivity contribution is -0.112. The molecule has 0 saturated carbocycles. The molecule has 0 fully saturated rings. The van der Waals surface area contributed by atoms with Gasteiger partial charge in [0.2, 0.25) is 0 Å². The van der Waals surface area contributed by atoms with E-state index in [1.165, 1.54) is 0 Å². The summed E-state index contributed by atoms with van der Waals surface area (Å²) >= 11 is 0. The molecule has 0 aliphatic heterocycles. The van der Waals surface area contributed by atoms with Crippen molar-refractivity contribution in [3.05, 3.63) is 18.6 Å². The summed E-state index contributed by atoms with van der Waals surface area (Å²) in [4.78, 5) is 10.8. The molecule has 57 valence electrons. The summed E-state index contributed by atoms with van der Waals surface area (Å²) in [7, 11) is 0.